The zero-order valence-corrected chi connectivity index (χ0v) is 23.4. The number of hydrogen-bond acceptors (Lipinski definition) is 2. The van der Waals surface area contributed by atoms with Crippen LogP contribution in [0.3, 0.4) is 0 Å². The van der Waals surface area contributed by atoms with Gasteiger partial charge in [-0.1, -0.05) is 133 Å². The van der Waals surface area contributed by atoms with E-state index >= 15 is 0 Å². The van der Waals surface area contributed by atoms with Crippen LogP contribution in [0.5, 0.6) is 0 Å². The van der Waals surface area contributed by atoms with Gasteiger partial charge in [0, 0.05) is 22.5 Å². The number of nitrogens with zero attached hydrogens (tertiary/aromatic N) is 2. The van der Waals surface area contributed by atoms with Crippen LogP contribution in [0.1, 0.15) is 22.3 Å². The summed E-state index contributed by atoms with van der Waals surface area (Å²) in [6, 6.07) is 54.9. The molecule has 6 aromatic carbocycles. The number of fused-ring (bicyclic) bond motifs is 8. The van der Waals surface area contributed by atoms with Crippen molar-refractivity contribution in [3.8, 4) is 22.4 Å². The molecule has 0 fully saturated rings. The van der Waals surface area contributed by atoms with Gasteiger partial charge in [0.1, 0.15) is 0 Å². The van der Waals surface area contributed by atoms with Gasteiger partial charge in [0.25, 0.3) is 0 Å². The molecule has 43 heavy (non-hydrogen) atoms. The summed E-state index contributed by atoms with van der Waals surface area (Å²) in [6.07, 6.45) is 1.85. The molecule has 2 heteroatoms. The van der Waals surface area contributed by atoms with Crippen molar-refractivity contribution >= 4 is 32.6 Å². The molecule has 8 aromatic rings. The lowest BCUT2D eigenvalue weighted by Crippen LogP contribution is -2.28. The van der Waals surface area contributed by atoms with Crippen LogP contribution in [0.4, 0.5) is 0 Å². The molecule has 0 atom stereocenters. The molecule has 0 saturated carbocycles. The monoisotopic (exact) mass is 546 g/mol. The first kappa shape index (κ1) is 24.0. The smallest absolute Gasteiger partial charge is 0.0972 e. The summed E-state index contributed by atoms with van der Waals surface area (Å²) in [7, 11) is 0. The summed E-state index contributed by atoms with van der Waals surface area (Å²) in [5.41, 5.74) is 11.1. The van der Waals surface area contributed by atoms with E-state index in [0.717, 1.165) is 33.1 Å². The summed E-state index contributed by atoms with van der Waals surface area (Å²) < 4.78 is 0. The molecule has 0 amide bonds. The molecule has 9 rings (SSSR count). The maximum absolute atomic E-state index is 5.23. The number of hydrogen-bond donors (Lipinski definition) is 0. The molecule has 0 spiro atoms. The van der Waals surface area contributed by atoms with Crippen LogP contribution in [0.25, 0.3) is 55.0 Å². The third-order valence-electron chi connectivity index (χ3n) is 9.17. The first-order valence-corrected chi connectivity index (χ1v) is 14.8. The van der Waals surface area contributed by atoms with Crippen molar-refractivity contribution in [2.75, 3.05) is 0 Å². The first-order valence-electron chi connectivity index (χ1n) is 14.8. The Morgan fingerprint density at radius 1 is 0.465 bits per heavy atom. The molecule has 0 unspecified atom stereocenters. The second-order valence-corrected chi connectivity index (χ2v) is 11.4. The fourth-order valence-corrected chi connectivity index (χ4v) is 7.30. The lowest BCUT2D eigenvalue weighted by atomic mass is 9.67. The second-order valence-electron chi connectivity index (χ2n) is 11.4. The Labute approximate surface area is 250 Å². The average Bonchev–Trinajstić information content (AvgIpc) is 3.39. The highest BCUT2D eigenvalue weighted by Crippen LogP contribution is 2.58. The zero-order chi connectivity index (χ0) is 28.4. The van der Waals surface area contributed by atoms with Gasteiger partial charge < -0.3 is 0 Å². The van der Waals surface area contributed by atoms with Crippen LogP contribution in [0.15, 0.2) is 158 Å². The molecule has 2 aromatic heterocycles. The fourth-order valence-electron chi connectivity index (χ4n) is 7.30. The van der Waals surface area contributed by atoms with Crippen LogP contribution >= 0.6 is 0 Å². The number of aromatic nitrogens is 2. The van der Waals surface area contributed by atoms with Crippen LogP contribution < -0.4 is 0 Å². The van der Waals surface area contributed by atoms with Crippen LogP contribution in [0, 0.1) is 0 Å². The molecule has 2 nitrogen and oxygen atoms in total. The highest BCUT2D eigenvalue weighted by atomic mass is 14.8. The minimum absolute atomic E-state index is 0.474. The minimum atomic E-state index is -0.474. The Kier molecular flexibility index (Phi) is 5.15. The largest absolute Gasteiger partial charge is 0.254 e. The zero-order valence-electron chi connectivity index (χ0n) is 23.4. The van der Waals surface area contributed by atoms with E-state index in [9.17, 15) is 0 Å². The Bertz CT molecular complexity index is 2300. The molecule has 0 aliphatic heterocycles. The van der Waals surface area contributed by atoms with E-state index in [1.807, 2.05) is 12.3 Å². The highest BCUT2D eigenvalue weighted by Gasteiger charge is 2.46. The molecule has 0 bridgehead atoms. The predicted molar refractivity (Wildman–Crippen MR) is 177 cm³/mol. The van der Waals surface area contributed by atoms with E-state index in [1.54, 1.807) is 0 Å². The second kappa shape index (κ2) is 9.20. The topological polar surface area (TPSA) is 25.8 Å². The van der Waals surface area contributed by atoms with Gasteiger partial charge in [-0.2, -0.15) is 0 Å². The number of pyridine rings is 2. The molecular weight excluding hydrogens is 520 g/mol. The molecule has 1 aliphatic rings. The molecular formula is C41H26N2. The van der Waals surface area contributed by atoms with Gasteiger partial charge in [-0.25, -0.2) is 4.98 Å². The standard InChI is InChI=1S/C41H26N2/c1-3-12-31(13-4-1)41(32-14-5-2-6-15-32)35-23-20-27-10-7-8-16-33(27)38(35)34-22-19-30(26-36(34)41)37-24-21-29-18-17-28-11-9-25-42-39(28)40(29)43-37/h1-26H. The molecule has 0 saturated heterocycles. The van der Waals surface area contributed by atoms with Gasteiger partial charge in [0.05, 0.1) is 22.1 Å². The summed E-state index contributed by atoms with van der Waals surface area (Å²) >= 11 is 0. The Hall–Kier alpha value is -5.60. The van der Waals surface area contributed by atoms with Crippen molar-refractivity contribution in [3.05, 3.63) is 180 Å². The fraction of sp³-hybridized carbons (Fsp3) is 0.0244. The third-order valence-corrected chi connectivity index (χ3v) is 9.17. The SMILES string of the molecule is c1ccc(C2(c3ccccc3)c3cc(-c4ccc5ccc6cccnc6c5n4)ccc3-c3c2ccc2ccccc32)cc1. The Balaban J connectivity index is 1.38. The molecule has 0 N–H and O–H groups in total. The lowest BCUT2D eigenvalue weighted by molar-refractivity contribution is 0.769. The minimum Gasteiger partial charge on any atom is -0.254 e. The number of benzene rings is 6. The van der Waals surface area contributed by atoms with E-state index in [0.29, 0.717) is 0 Å². The van der Waals surface area contributed by atoms with E-state index in [1.165, 1.54) is 44.2 Å². The quantitative estimate of drug-likeness (QED) is 0.206. The molecule has 2 heterocycles. The summed E-state index contributed by atoms with van der Waals surface area (Å²) in [4.78, 5) is 9.93. The van der Waals surface area contributed by atoms with E-state index in [2.05, 4.69) is 146 Å². The Morgan fingerprint density at radius 3 is 1.91 bits per heavy atom. The summed E-state index contributed by atoms with van der Waals surface area (Å²) in [6.45, 7) is 0. The highest BCUT2D eigenvalue weighted by molar-refractivity contribution is 6.05. The molecule has 1 aliphatic carbocycles. The maximum atomic E-state index is 5.23. The van der Waals surface area contributed by atoms with E-state index < -0.39 is 5.41 Å². The summed E-state index contributed by atoms with van der Waals surface area (Å²) in [5.74, 6) is 0. The van der Waals surface area contributed by atoms with Gasteiger partial charge >= 0.3 is 0 Å². The van der Waals surface area contributed by atoms with Crippen molar-refractivity contribution in [1.82, 2.24) is 9.97 Å². The van der Waals surface area contributed by atoms with Crippen LogP contribution in [0.2, 0.25) is 0 Å². The predicted octanol–water partition coefficient (Wildman–Crippen LogP) is 9.97. The van der Waals surface area contributed by atoms with E-state index in [4.69, 9.17) is 9.97 Å². The van der Waals surface area contributed by atoms with Crippen molar-refractivity contribution in [2.24, 2.45) is 0 Å². The van der Waals surface area contributed by atoms with Crippen molar-refractivity contribution in [1.29, 1.82) is 0 Å². The van der Waals surface area contributed by atoms with Crippen LogP contribution in [-0.4, -0.2) is 9.97 Å². The lowest BCUT2D eigenvalue weighted by Gasteiger charge is -2.34. The van der Waals surface area contributed by atoms with Gasteiger partial charge in [-0.05, 0) is 62.4 Å². The summed E-state index contributed by atoms with van der Waals surface area (Å²) in [5, 5.41) is 4.73. The first-order chi connectivity index (χ1) is 21.3. The molecule has 0 radical (unpaired) electrons. The van der Waals surface area contributed by atoms with Crippen molar-refractivity contribution < 1.29 is 0 Å². The van der Waals surface area contributed by atoms with Crippen LogP contribution in [-0.2, 0) is 5.41 Å². The van der Waals surface area contributed by atoms with Gasteiger partial charge in [0.15, 0.2) is 0 Å². The molecule has 200 valence electrons. The Morgan fingerprint density at radius 2 is 1.12 bits per heavy atom. The maximum Gasteiger partial charge on any atom is 0.0972 e. The van der Waals surface area contributed by atoms with Gasteiger partial charge in [-0.3, -0.25) is 4.98 Å². The normalized spacial score (nSPS) is 13.3. The third kappa shape index (κ3) is 3.41. The van der Waals surface area contributed by atoms with E-state index in [-0.39, 0.29) is 0 Å². The van der Waals surface area contributed by atoms with Gasteiger partial charge in [-0.15, -0.1) is 0 Å². The van der Waals surface area contributed by atoms with Crippen molar-refractivity contribution in [2.45, 2.75) is 5.41 Å². The van der Waals surface area contributed by atoms with Crippen molar-refractivity contribution in [3.63, 3.8) is 0 Å². The number of rotatable bonds is 3. The van der Waals surface area contributed by atoms with Gasteiger partial charge in [0.2, 0.25) is 0 Å². The average molecular weight is 547 g/mol.